The molecule has 2 aromatic rings. The van der Waals surface area contributed by atoms with Crippen molar-refractivity contribution < 1.29 is 9.59 Å². The Morgan fingerprint density at radius 1 is 1.18 bits per heavy atom. The van der Waals surface area contributed by atoms with Crippen LogP contribution in [0.25, 0.3) is 10.2 Å². The summed E-state index contributed by atoms with van der Waals surface area (Å²) in [5.74, 6) is 2.10. The summed E-state index contributed by atoms with van der Waals surface area (Å²) in [7, 11) is 0. The van der Waals surface area contributed by atoms with Gasteiger partial charge in [-0.2, -0.15) is 0 Å². The van der Waals surface area contributed by atoms with Gasteiger partial charge in [-0.15, -0.1) is 11.3 Å². The van der Waals surface area contributed by atoms with Crippen LogP contribution in [0.15, 0.2) is 22.5 Å². The number of benzene rings is 1. The van der Waals surface area contributed by atoms with Gasteiger partial charge in [0.05, 0.1) is 16.8 Å². The fourth-order valence-corrected chi connectivity index (χ4v) is 7.54. The number of rotatable bonds is 5. The van der Waals surface area contributed by atoms with Gasteiger partial charge in [0, 0.05) is 11.1 Å². The number of fused-ring (bicyclic) bond motifs is 1. The first kappa shape index (κ1) is 18.4. The summed E-state index contributed by atoms with van der Waals surface area (Å²) in [6, 6.07) is 5.74. The van der Waals surface area contributed by atoms with Crippen molar-refractivity contribution in [2.75, 3.05) is 18.1 Å². The molecule has 1 heterocycles. The largest absolute Gasteiger partial charge is 0.347 e. The molecule has 4 aliphatic rings. The normalized spacial score (nSPS) is 30.5. The average Bonchev–Trinajstić information content (AvgIpc) is 3.07. The summed E-state index contributed by atoms with van der Waals surface area (Å²) in [5, 5.41) is 5.85. The lowest BCUT2D eigenvalue weighted by Crippen LogP contribution is -2.54. The van der Waals surface area contributed by atoms with Crippen molar-refractivity contribution in [1.29, 1.82) is 0 Å². The molecule has 6 rings (SSSR count). The maximum atomic E-state index is 13.0. The average molecular weight is 416 g/mol. The number of anilines is 1. The lowest BCUT2D eigenvalue weighted by Gasteiger charge is -2.55. The van der Waals surface area contributed by atoms with E-state index in [0.717, 1.165) is 57.3 Å². The second-order valence-electron chi connectivity index (χ2n) is 8.80. The van der Waals surface area contributed by atoms with Crippen molar-refractivity contribution in [1.82, 2.24) is 10.3 Å². The summed E-state index contributed by atoms with van der Waals surface area (Å²) in [6.07, 6.45) is 9.00. The van der Waals surface area contributed by atoms with Crippen LogP contribution >= 0.6 is 23.1 Å². The fraction of sp³-hybridized carbons (Fsp3) is 0.571. The van der Waals surface area contributed by atoms with Gasteiger partial charge in [0.15, 0.2) is 4.34 Å². The molecule has 0 radical (unpaired) electrons. The van der Waals surface area contributed by atoms with E-state index < -0.39 is 0 Å². The molecule has 0 atom stereocenters. The van der Waals surface area contributed by atoms with E-state index in [1.165, 1.54) is 19.3 Å². The van der Waals surface area contributed by atoms with E-state index in [1.54, 1.807) is 23.1 Å². The summed E-state index contributed by atoms with van der Waals surface area (Å²) in [6.45, 7) is 0.0391. The van der Waals surface area contributed by atoms with E-state index in [-0.39, 0.29) is 23.8 Å². The molecule has 7 heteroatoms. The summed E-state index contributed by atoms with van der Waals surface area (Å²) >= 11 is 3.24. The molecule has 0 unspecified atom stereocenters. The topological polar surface area (TPSA) is 71.1 Å². The molecule has 148 valence electrons. The Bertz CT molecular complexity index is 904. The summed E-state index contributed by atoms with van der Waals surface area (Å²) in [4.78, 5) is 29.9. The van der Waals surface area contributed by atoms with E-state index in [1.807, 2.05) is 24.5 Å². The first-order valence-electron chi connectivity index (χ1n) is 10.1. The predicted octanol–water partition coefficient (Wildman–Crippen LogP) is 4.29. The van der Waals surface area contributed by atoms with Gasteiger partial charge >= 0.3 is 0 Å². The quantitative estimate of drug-likeness (QED) is 0.715. The monoisotopic (exact) mass is 415 g/mol. The Balaban J connectivity index is 1.20. The first-order valence-corrected chi connectivity index (χ1v) is 12.1. The number of nitrogens with one attached hydrogen (secondary N) is 2. The molecule has 5 nitrogen and oxygen atoms in total. The highest BCUT2D eigenvalue weighted by molar-refractivity contribution is 8.00. The molecule has 4 fully saturated rings. The third kappa shape index (κ3) is 3.32. The number of carbonyl (C=O) groups is 2. The van der Waals surface area contributed by atoms with Crippen LogP contribution < -0.4 is 10.6 Å². The van der Waals surface area contributed by atoms with E-state index in [4.69, 9.17) is 0 Å². The Hall–Kier alpha value is -1.60. The molecule has 0 spiro atoms. The summed E-state index contributed by atoms with van der Waals surface area (Å²) in [5.41, 5.74) is 1.49. The van der Waals surface area contributed by atoms with Crippen molar-refractivity contribution >= 4 is 50.8 Å². The number of hydrogen-bond donors (Lipinski definition) is 2. The SMILES string of the molecule is CSc1nc2ccc(NC(=O)CNC(=O)C34CC5CC(CC(C5)C3)C4)cc2s1. The Morgan fingerprint density at radius 3 is 2.50 bits per heavy atom. The number of nitrogens with zero attached hydrogens (tertiary/aromatic N) is 1. The van der Waals surface area contributed by atoms with Crippen LogP contribution in [0.4, 0.5) is 5.69 Å². The van der Waals surface area contributed by atoms with E-state index in [9.17, 15) is 9.59 Å². The lowest BCUT2D eigenvalue weighted by atomic mass is 9.49. The molecule has 2 amide bonds. The molecule has 4 aliphatic carbocycles. The molecule has 4 bridgehead atoms. The second-order valence-corrected chi connectivity index (χ2v) is 10.9. The maximum Gasteiger partial charge on any atom is 0.243 e. The zero-order valence-electron chi connectivity index (χ0n) is 16.0. The Kier molecular flexibility index (Phi) is 4.62. The highest BCUT2D eigenvalue weighted by Gasteiger charge is 2.54. The van der Waals surface area contributed by atoms with E-state index in [0.29, 0.717) is 0 Å². The predicted molar refractivity (Wildman–Crippen MR) is 114 cm³/mol. The number of thiazole rings is 1. The standard InChI is InChI=1S/C21H25N3O2S2/c1-27-20-24-16-3-2-15(7-17(16)28-20)23-18(25)11-22-19(26)21-8-12-4-13(9-21)6-14(5-12)10-21/h2-3,7,12-14H,4-6,8-11H2,1H3,(H,22,26)(H,23,25). The lowest BCUT2D eigenvalue weighted by molar-refractivity contribution is -0.146. The van der Waals surface area contributed by atoms with Crippen molar-refractivity contribution in [2.45, 2.75) is 42.9 Å². The highest BCUT2D eigenvalue weighted by Crippen LogP contribution is 2.60. The van der Waals surface area contributed by atoms with Gasteiger partial charge in [-0.1, -0.05) is 11.8 Å². The number of aromatic nitrogens is 1. The van der Waals surface area contributed by atoms with Crippen molar-refractivity contribution in [3.05, 3.63) is 18.2 Å². The minimum Gasteiger partial charge on any atom is -0.347 e. The van der Waals surface area contributed by atoms with E-state index in [2.05, 4.69) is 15.6 Å². The van der Waals surface area contributed by atoms with Crippen molar-refractivity contribution in [2.24, 2.45) is 23.2 Å². The molecule has 2 N–H and O–H groups in total. The molecule has 4 saturated carbocycles. The van der Waals surface area contributed by atoms with Gasteiger partial charge in [-0.3, -0.25) is 9.59 Å². The van der Waals surface area contributed by atoms with Crippen molar-refractivity contribution in [3.8, 4) is 0 Å². The third-order valence-corrected chi connectivity index (χ3v) is 8.76. The van der Waals surface area contributed by atoms with Crippen LogP contribution in [0, 0.1) is 23.2 Å². The number of thioether (sulfide) groups is 1. The van der Waals surface area contributed by atoms with Gasteiger partial charge in [0.1, 0.15) is 0 Å². The third-order valence-electron chi connectivity index (χ3n) is 6.76. The first-order chi connectivity index (χ1) is 13.5. The Labute approximate surface area is 173 Å². The Morgan fingerprint density at radius 2 is 1.86 bits per heavy atom. The molecule has 0 aliphatic heterocycles. The number of amides is 2. The molecule has 28 heavy (non-hydrogen) atoms. The van der Waals surface area contributed by atoms with Gasteiger partial charge in [-0.05, 0) is 80.7 Å². The molecule has 0 saturated heterocycles. The molecular formula is C21H25N3O2S2. The fourth-order valence-electron chi connectivity index (χ4n) is 6.01. The van der Waals surface area contributed by atoms with E-state index >= 15 is 0 Å². The zero-order valence-corrected chi connectivity index (χ0v) is 17.6. The number of carbonyl (C=O) groups excluding carboxylic acids is 2. The second kappa shape index (κ2) is 7.02. The van der Waals surface area contributed by atoms with Gasteiger partial charge in [0.25, 0.3) is 0 Å². The van der Waals surface area contributed by atoms with Crippen molar-refractivity contribution in [3.63, 3.8) is 0 Å². The van der Waals surface area contributed by atoms with Crippen LogP contribution in [0.5, 0.6) is 0 Å². The number of hydrogen-bond acceptors (Lipinski definition) is 5. The minimum atomic E-state index is -0.204. The molecule has 1 aromatic heterocycles. The summed E-state index contributed by atoms with van der Waals surface area (Å²) < 4.78 is 2.07. The van der Waals surface area contributed by atoms with Gasteiger partial charge in [0.2, 0.25) is 11.8 Å². The van der Waals surface area contributed by atoms with Crippen LogP contribution in [-0.2, 0) is 9.59 Å². The highest BCUT2D eigenvalue weighted by atomic mass is 32.2. The van der Waals surface area contributed by atoms with Gasteiger partial charge in [-0.25, -0.2) is 4.98 Å². The molecular weight excluding hydrogens is 390 g/mol. The van der Waals surface area contributed by atoms with Crippen LogP contribution in [0.1, 0.15) is 38.5 Å². The smallest absolute Gasteiger partial charge is 0.243 e. The molecule has 1 aromatic carbocycles. The van der Waals surface area contributed by atoms with Crippen LogP contribution in [0.3, 0.4) is 0 Å². The van der Waals surface area contributed by atoms with Gasteiger partial charge < -0.3 is 10.6 Å². The minimum absolute atomic E-state index is 0.0391. The maximum absolute atomic E-state index is 13.0. The van der Waals surface area contributed by atoms with Crippen LogP contribution in [-0.4, -0.2) is 29.6 Å². The zero-order chi connectivity index (χ0) is 19.3. The van der Waals surface area contributed by atoms with Crippen LogP contribution in [0.2, 0.25) is 0 Å².